The fourth-order valence-electron chi connectivity index (χ4n) is 3.37. The van der Waals surface area contributed by atoms with E-state index in [2.05, 4.69) is 43.9 Å². The number of ether oxygens (including phenoxy) is 3. The minimum Gasteiger partial charge on any atom is -0.490 e. The van der Waals surface area contributed by atoms with E-state index in [0.29, 0.717) is 51.3 Å². The molecule has 0 amide bonds. The van der Waals surface area contributed by atoms with Crippen molar-refractivity contribution in [3.05, 3.63) is 61.0 Å². The van der Waals surface area contributed by atoms with E-state index in [0.717, 1.165) is 17.3 Å². The van der Waals surface area contributed by atoms with Crippen LogP contribution >= 0.6 is 31.9 Å². The Morgan fingerprint density at radius 2 is 2.00 bits per heavy atom. The average Bonchev–Trinajstić information content (AvgIpc) is 2.84. The Kier molecular flexibility index (Phi) is 9.45. The molecule has 0 aliphatic carbocycles. The predicted octanol–water partition coefficient (Wildman–Crippen LogP) is 5.49. The van der Waals surface area contributed by atoms with E-state index in [-0.39, 0.29) is 5.56 Å². The molecule has 186 valence electrons. The van der Waals surface area contributed by atoms with Crippen LogP contribution in [0.1, 0.15) is 45.0 Å². The molecule has 0 saturated carbocycles. The number of fused-ring (bicyclic) bond motifs is 1. The van der Waals surface area contributed by atoms with Crippen molar-refractivity contribution in [2.45, 2.75) is 46.1 Å². The van der Waals surface area contributed by atoms with Crippen LogP contribution in [-0.4, -0.2) is 41.7 Å². The molecule has 10 heteroatoms. The van der Waals surface area contributed by atoms with E-state index >= 15 is 0 Å². The minimum absolute atomic E-state index is 0.241. The highest BCUT2D eigenvalue weighted by Gasteiger charge is 2.20. The summed E-state index contributed by atoms with van der Waals surface area (Å²) in [5.74, 6) is 0.899. The number of methoxy groups -OCH3 is 1. The Morgan fingerprint density at radius 3 is 2.69 bits per heavy atom. The molecule has 0 aliphatic heterocycles. The molecule has 0 radical (unpaired) electrons. The van der Waals surface area contributed by atoms with Crippen molar-refractivity contribution in [2.24, 2.45) is 5.10 Å². The Morgan fingerprint density at radius 1 is 1.23 bits per heavy atom. The predicted molar refractivity (Wildman–Crippen MR) is 143 cm³/mol. The topological polar surface area (TPSA) is 92.0 Å². The highest BCUT2D eigenvalue weighted by atomic mass is 79.9. The first-order chi connectivity index (χ1) is 16.8. The monoisotopic (exact) mass is 607 g/mol. The van der Waals surface area contributed by atoms with Crippen LogP contribution in [0.5, 0.6) is 11.5 Å². The van der Waals surface area contributed by atoms with Crippen LogP contribution in [-0.2, 0) is 16.0 Å². The van der Waals surface area contributed by atoms with Gasteiger partial charge < -0.3 is 14.2 Å². The van der Waals surface area contributed by atoms with Crippen LogP contribution in [0.25, 0.3) is 10.9 Å². The van der Waals surface area contributed by atoms with Crippen LogP contribution in [0.15, 0.2) is 49.2 Å². The molecule has 1 atom stereocenters. The van der Waals surface area contributed by atoms with E-state index in [1.54, 1.807) is 31.3 Å². The lowest BCUT2D eigenvalue weighted by molar-refractivity contribution is -0.147. The molecule has 0 bridgehead atoms. The highest BCUT2D eigenvalue weighted by molar-refractivity contribution is 9.10. The second-order valence-corrected chi connectivity index (χ2v) is 9.47. The minimum atomic E-state index is -0.822. The summed E-state index contributed by atoms with van der Waals surface area (Å²) in [5.41, 5.74) is 1.06. The number of unbranched alkanes of at least 4 members (excludes halogenated alkanes) is 1. The first kappa shape index (κ1) is 26.9. The summed E-state index contributed by atoms with van der Waals surface area (Å²) in [6, 6.07) is 8.94. The van der Waals surface area contributed by atoms with Crippen LogP contribution in [0, 0.1) is 0 Å². The van der Waals surface area contributed by atoms with Crippen molar-refractivity contribution in [1.82, 2.24) is 9.66 Å². The summed E-state index contributed by atoms with van der Waals surface area (Å²) in [5, 5.41) is 4.97. The molecular weight excluding hydrogens is 582 g/mol. The van der Waals surface area contributed by atoms with E-state index in [1.807, 2.05) is 19.1 Å². The summed E-state index contributed by atoms with van der Waals surface area (Å²) >= 11 is 6.91. The van der Waals surface area contributed by atoms with Gasteiger partial charge in [-0.15, -0.1) is 0 Å². The Bertz CT molecular complexity index is 1310. The van der Waals surface area contributed by atoms with Crippen LogP contribution in [0.2, 0.25) is 0 Å². The SMILES string of the molecule is CCCCc1nc2ccc(Br)cc2c(=O)n1N=Cc1cc(Br)c(O[C@H](C)C(=O)OC)c(OCC)c1. The van der Waals surface area contributed by atoms with Gasteiger partial charge in [0.2, 0.25) is 0 Å². The third-order valence-electron chi connectivity index (χ3n) is 5.11. The molecule has 0 fully saturated rings. The number of esters is 1. The lowest BCUT2D eigenvalue weighted by Gasteiger charge is -2.17. The van der Waals surface area contributed by atoms with Crippen LogP contribution in [0.3, 0.4) is 0 Å². The van der Waals surface area contributed by atoms with Crippen molar-refractivity contribution >= 4 is 54.9 Å². The Hall–Kier alpha value is -2.72. The second kappa shape index (κ2) is 12.3. The number of hydrogen-bond donors (Lipinski definition) is 0. The van der Waals surface area contributed by atoms with Gasteiger partial charge in [0.25, 0.3) is 5.56 Å². The summed E-state index contributed by atoms with van der Waals surface area (Å²) in [7, 11) is 1.30. The number of aromatic nitrogens is 2. The molecule has 0 saturated heterocycles. The molecule has 0 unspecified atom stereocenters. The molecule has 2 aromatic carbocycles. The fraction of sp³-hybridized carbons (Fsp3) is 0.360. The average molecular weight is 609 g/mol. The van der Waals surface area contributed by atoms with Gasteiger partial charge in [0.15, 0.2) is 17.6 Å². The molecule has 8 nitrogen and oxygen atoms in total. The van der Waals surface area contributed by atoms with Crippen molar-refractivity contribution in [3.8, 4) is 11.5 Å². The second-order valence-electron chi connectivity index (χ2n) is 7.70. The van der Waals surface area contributed by atoms with Gasteiger partial charge in [0.1, 0.15) is 5.82 Å². The standard InChI is InChI=1S/C25H27Br2N3O5/c1-5-7-8-22-29-20-10-9-17(26)13-18(20)24(31)30(22)28-14-16-11-19(27)23(21(12-16)34-6-2)35-15(3)25(32)33-4/h9-15H,5-8H2,1-4H3/t15-/m1/s1. The number of carbonyl (C=O) groups excluding carboxylic acids is 1. The molecule has 1 aromatic heterocycles. The largest absolute Gasteiger partial charge is 0.490 e. The molecule has 0 aliphatic rings. The summed E-state index contributed by atoms with van der Waals surface area (Å²) in [6.45, 7) is 5.92. The first-order valence-electron chi connectivity index (χ1n) is 11.2. The third-order valence-corrected chi connectivity index (χ3v) is 6.19. The molecule has 0 spiro atoms. The van der Waals surface area contributed by atoms with Gasteiger partial charge in [-0.3, -0.25) is 4.79 Å². The number of rotatable bonds is 10. The molecule has 35 heavy (non-hydrogen) atoms. The van der Waals surface area contributed by atoms with Crippen molar-refractivity contribution in [3.63, 3.8) is 0 Å². The van der Waals surface area contributed by atoms with Gasteiger partial charge in [0, 0.05) is 10.9 Å². The number of halogens is 2. The van der Waals surface area contributed by atoms with Gasteiger partial charge in [-0.05, 0) is 72.1 Å². The maximum Gasteiger partial charge on any atom is 0.346 e. The van der Waals surface area contributed by atoms with E-state index in [9.17, 15) is 9.59 Å². The first-order valence-corrected chi connectivity index (χ1v) is 12.8. The Labute approximate surface area is 220 Å². The maximum atomic E-state index is 13.3. The lowest BCUT2D eigenvalue weighted by Crippen LogP contribution is -2.25. The van der Waals surface area contributed by atoms with Gasteiger partial charge in [-0.25, -0.2) is 9.78 Å². The Balaban J connectivity index is 2.05. The molecule has 1 heterocycles. The molecule has 3 aromatic rings. The summed E-state index contributed by atoms with van der Waals surface area (Å²) < 4.78 is 19.0. The summed E-state index contributed by atoms with van der Waals surface area (Å²) in [6.07, 6.45) is 3.23. The quantitative estimate of drug-likeness (QED) is 0.223. The fourth-order valence-corrected chi connectivity index (χ4v) is 4.28. The number of aryl methyl sites for hydroxylation is 1. The molecule has 3 rings (SSSR count). The van der Waals surface area contributed by atoms with Gasteiger partial charge in [-0.1, -0.05) is 29.3 Å². The zero-order valence-electron chi connectivity index (χ0n) is 20.0. The van der Waals surface area contributed by atoms with Gasteiger partial charge in [-0.2, -0.15) is 9.78 Å². The highest BCUT2D eigenvalue weighted by Crippen LogP contribution is 2.37. The summed E-state index contributed by atoms with van der Waals surface area (Å²) in [4.78, 5) is 29.8. The zero-order chi connectivity index (χ0) is 25.5. The van der Waals surface area contributed by atoms with Crippen molar-refractivity contribution in [2.75, 3.05) is 13.7 Å². The van der Waals surface area contributed by atoms with Gasteiger partial charge >= 0.3 is 5.97 Å². The lowest BCUT2D eigenvalue weighted by atomic mass is 10.2. The molecule has 0 N–H and O–H groups in total. The number of benzene rings is 2. The zero-order valence-corrected chi connectivity index (χ0v) is 23.2. The van der Waals surface area contributed by atoms with Crippen molar-refractivity contribution < 1.29 is 19.0 Å². The normalized spacial score (nSPS) is 12.2. The third kappa shape index (κ3) is 6.49. The van der Waals surface area contributed by atoms with Crippen LogP contribution in [0.4, 0.5) is 0 Å². The van der Waals surface area contributed by atoms with Crippen molar-refractivity contribution in [1.29, 1.82) is 0 Å². The number of hydrogen-bond acceptors (Lipinski definition) is 7. The molecular formula is C25H27Br2N3O5. The van der Waals surface area contributed by atoms with E-state index in [1.165, 1.54) is 11.8 Å². The van der Waals surface area contributed by atoms with Crippen LogP contribution < -0.4 is 15.0 Å². The van der Waals surface area contributed by atoms with E-state index in [4.69, 9.17) is 19.2 Å². The van der Waals surface area contributed by atoms with Gasteiger partial charge in [0.05, 0.1) is 35.3 Å². The van der Waals surface area contributed by atoms with E-state index < -0.39 is 12.1 Å². The smallest absolute Gasteiger partial charge is 0.346 e. The number of carbonyl (C=O) groups is 1. The number of nitrogens with zero attached hydrogens (tertiary/aromatic N) is 3. The maximum absolute atomic E-state index is 13.3.